The van der Waals surface area contributed by atoms with Crippen LogP contribution in [-0.4, -0.2) is 48.8 Å². The lowest BCUT2D eigenvalue weighted by Crippen LogP contribution is -2.18. The highest BCUT2D eigenvalue weighted by Crippen LogP contribution is 2.08. The van der Waals surface area contributed by atoms with E-state index in [2.05, 4.69) is 34.1 Å². The van der Waals surface area contributed by atoms with E-state index in [-0.39, 0.29) is 5.95 Å². The van der Waals surface area contributed by atoms with E-state index in [1.54, 1.807) is 4.90 Å². The molecule has 0 aliphatic carbocycles. The Balaban J connectivity index is 2.42. The van der Waals surface area contributed by atoms with E-state index < -0.39 is 0 Å². The summed E-state index contributed by atoms with van der Waals surface area (Å²) in [6, 6.07) is 0. The third-order valence-corrected chi connectivity index (χ3v) is 2.02. The maximum atomic E-state index is 5.61. The fourth-order valence-electron chi connectivity index (χ4n) is 1.21. The van der Waals surface area contributed by atoms with Crippen LogP contribution in [-0.2, 0) is 4.74 Å². The summed E-state index contributed by atoms with van der Waals surface area (Å²) in [5.41, 5.74) is 5.61. The van der Waals surface area contributed by atoms with Crippen LogP contribution >= 0.6 is 0 Å². The lowest BCUT2D eigenvalue weighted by Gasteiger charge is -2.12. The molecule has 0 saturated carbocycles. The molecule has 0 fully saturated rings. The fourth-order valence-corrected chi connectivity index (χ4v) is 1.21. The minimum atomic E-state index is 0.208. The van der Waals surface area contributed by atoms with Gasteiger partial charge in [-0.05, 0) is 5.92 Å². The van der Waals surface area contributed by atoms with Crippen molar-refractivity contribution in [2.75, 3.05) is 49.8 Å². The lowest BCUT2D eigenvalue weighted by atomic mass is 10.2. The van der Waals surface area contributed by atoms with Crippen molar-refractivity contribution in [2.24, 2.45) is 5.92 Å². The van der Waals surface area contributed by atoms with E-state index in [0.29, 0.717) is 31.0 Å². The van der Waals surface area contributed by atoms with Crippen molar-refractivity contribution < 1.29 is 4.74 Å². The van der Waals surface area contributed by atoms with Crippen LogP contribution in [0.15, 0.2) is 0 Å². The maximum Gasteiger partial charge on any atom is 0.231 e. The summed E-state index contributed by atoms with van der Waals surface area (Å²) in [4.78, 5) is 14.0. The Morgan fingerprint density at radius 3 is 2.61 bits per heavy atom. The van der Waals surface area contributed by atoms with E-state index in [0.717, 1.165) is 6.61 Å². The average Bonchev–Trinajstić information content (AvgIpc) is 2.27. The first-order valence-electron chi connectivity index (χ1n) is 5.99. The van der Waals surface area contributed by atoms with Gasteiger partial charge in [-0.15, -0.1) is 0 Å². The number of anilines is 3. The minimum absolute atomic E-state index is 0.208. The molecule has 3 N–H and O–H groups in total. The summed E-state index contributed by atoms with van der Waals surface area (Å²) in [5, 5.41) is 3.06. The van der Waals surface area contributed by atoms with E-state index in [1.165, 1.54) is 0 Å². The Morgan fingerprint density at radius 2 is 2.00 bits per heavy atom. The topological polar surface area (TPSA) is 89.2 Å². The van der Waals surface area contributed by atoms with E-state index in [1.807, 2.05) is 14.1 Å². The van der Waals surface area contributed by atoms with Crippen LogP contribution < -0.4 is 16.0 Å². The predicted octanol–water partition coefficient (Wildman–Crippen LogP) is 0.604. The minimum Gasteiger partial charge on any atom is -0.379 e. The van der Waals surface area contributed by atoms with Crippen molar-refractivity contribution in [3.05, 3.63) is 0 Å². The molecular formula is C11H22N6O. The largest absolute Gasteiger partial charge is 0.379 e. The van der Waals surface area contributed by atoms with Gasteiger partial charge in [0.1, 0.15) is 0 Å². The first-order valence-corrected chi connectivity index (χ1v) is 5.99. The molecule has 1 aromatic heterocycles. The van der Waals surface area contributed by atoms with Crippen LogP contribution in [0.4, 0.5) is 17.8 Å². The van der Waals surface area contributed by atoms with Crippen LogP contribution in [0, 0.1) is 5.92 Å². The van der Waals surface area contributed by atoms with Gasteiger partial charge in [0.2, 0.25) is 17.8 Å². The molecule has 1 aromatic rings. The van der Waals surface area contributed by atoms with Crippen molar-refractivity contribution in [3.63, 3.8) is 0 Å². The average molecular weight is 254 g/mol. The number of nitrogens with zero attached hydrogens (tertiary/aromatic N) is 4. The highest BCUT2D eigenvalue weighted by atomic mass is 16.5. The van der Waals surface area contributed by atoms with Gasteiger partial charge in [-0.2, -0.15) is 15.0 Å². The molecule has 102 valence electrons. The third kappa shape index (κ3) is 5.13. The molecule has 0 unspecified atom stereocenters. The lowest BCUT2D eigenvalue weighted by molar-refractivity contribution is 0.118. The molecule has 1 heterocycles. The molecule has 0 saturated heterocycles. The van der Waals surface area contributed by atoms with Gasteiger partial charge in [0.25, 0.3) is 0 Å². The second-order valence-corrected chi connectivity index (χ2v) is 4.61. The SMILES string of the molecule is CC(C)COCCNc1nc(N)nc(N(C)C)n1. The normalized spacial score (nSPS) is 10.7. The number of rotatable bonds is 7. The second kappa shape index (κ2) is 6.95. The standard InChI is InChI=1S/C11H22N6O/c1-8(2)7-18-6-5-13-10-14-9(12)15-11(16-10)17(3)4/h8H,5-7H2,1-4H3,(H3,12,13,14,15,16). The van der Waals surface area contributed by atoms with Crippen molar-refractivity contribution >= 4 is 17.8 Å². The fraction of sp³-hybridized carbons (Fsp3) is 0.727. The third-order valence-electron chi connectivity index (χ3n) is 2.02. The molecule has 0 spiro atoms. The van der Waals surface area contributed by atoms with Gasteiger partial charge in [0.15, 0.2) is 0 Å². The zero-order valence-corrected chi connectivity index (χ0v) is 11.5. The maximum absolute atomic E-state index is 5.61. The van der Waals surface area contributed by atoms with Crippen molar-refractivity contribution in [2.45, 2.75) is 13.8 Å². The number of hydrogen-bond donors (Lipinski definition) is 2. The monoisotopic (exact) mass is 254 g/mol. The van der Waals surface area contributed by atoms with E-state index in [9.17, 15) is 0 Å². The molecule has 0 radical (unpaired) electrons. The Bertz CT molecular complexity index is 369. The van der Waals surface area contributed by atoms with Crippen molar-refractivity contribution in [3.8, 4) is 0 Å². The first kappa shape index (κ1) is 14.4. The Morgan fingerprint density at radius 1 is 1.28 bits per heavy atom. The molecule has 7 heteroatoms. The Labute approximate surface area is 108 Å². The molecule has 0 amide bonds. The smallest absolute Gasteiger partial charge is 0.231 e. The van der Waals surface area contributed by atoms with Gasteiger partial charge in [-0.3, -0.25) is 0 Å². The predicted molar refractivity (Wildman–Crippen MR) is 72.7 cm³/mol. The second-order valence-electron chi connectivity index (χ2n) is 4.61. The highest BCUT2D eigenvalue weighted by Gasteiger charge is 2.05. The van der Waals surface area contributed by atoms with Gasteiger partial charge in [-0.1, -0.05) is 13.8 Å². The molecule has 0 aromatic carbocycles. The van der Waals surface area contributed by atoms with Crippen LogP contribution in [0.5, 0.6) is 0 Å². The summed E-state index contributed by atoms with van der Waals surface area (Å²) in [5.74, 6) is 1.75. The zero-order chi connectivity index (χ0) is 13.5. The summed E-state index contributed by atoms with van der Waals surface area (Å²) < 4.78 is 5.45. The Hall–Kier alpha value is -1.63. The van der Waals surface area contributed by atoms with Crippen LogP contribution in [0.2, 0.25) is 0 Å². The van der Waals surface area contributed by atoms with Gasteiger partial charge in [-0.25, -0.2) is 0 Å². The molecule has 0 aliphatic heterocycles. The first-order chi connectivity index (χ1) is 8.49. The summed E-state index contributed by atoms with van der Waals surface area (Å²) in [6.45, 7) is 6.24. The zero-order valence-electron chi connectivity index (χ0n) is 11.5. The van der Waals surface area contributed by atoms with E-state index in [4.69, 9.17) is 10.5 Å². The molecule has 0 aliphatic rings. The van der Waals surface area contributed by atoms with Crippen molar-refractivity contribution in [1.82, 2.24) is 15.0 Å². The number of nitrogens with one attached hydrogen (secondary N) is 1. The van der Waals surface area contributed by atoms with Crippen molar-refractivity contribution in [1.29, 1.82) is 0 Å². The number of nitrogen functional groups attached to an aromatic ring is 1. The summed E-state index contributed by atoms with van der Waals surface area (Å²) in [6.07, 6.45) is 0. The summed E-state index contributed by atoms with van der Waals surface area (Å²) >= 11 is 0. The highest BCUT2D eigenvalue weighted by molar-refractivity contribution is 5.40. The molecule has 0 atom stereocenters. The molecular weight excluding hydrogens is 232 g/mol. The number of ether oxygens (including phenoxy) is 1. The molecule has 1 rings (SSSR count). The number of nitrogens with two attached hydrogens (primary N) is 1. The van der Waals surface area contributed by atoms with Gasteiger partial charge >= 0.3 is 0 Å². The quantitative estimate of drug-likeness (QED) is 0.689. The Kier molecular flexibility index (Phi) is 5.57. The summed E-state index contributed by atoms with van der Waals surface area (Å²) in [7, 11) is 3.70. The molecule has 0 bridgehead atoms. The number of hydrogen-bond acceptors (Lipinski definition) is 7. The van der Waals surface area contributed by atoms with Crippen LogP contribution in [0.3, 0.4) is 0 Å². The molecule has 18 heavy (non-hydrogen) atoms. The van der Waals surface area contributed by atoms with Crippen LogP contribution in [0.25, 0.3) is 0 Å². The van der Waals surface area contributed by atoms with E-state index >= 15 is 0 Å². The molecule has 7 nitrogen and oxygen atoms in total. The van der Waals surface area contributed by atoms with Gasteiger partial charge in [0.05, 0.1) is 6.61 Å². The number of aromatic nitrogens is 3. The van der Waals surface area contributed by atoms with Gasteiger partial charge in [0, 0.05) is 27.2 Å². The van der Waals surface area contributed by atoms with Crippen LogP contribution in [0.1, 0.15) is 13.8 Å². The van der Waals surface area contributed by atoms with Gasteiger partial charge < -0.3 is 20.7 Å².